The number of rotatable bonds is 1. The van der Waals surface area contributed by atoms with Crippen molar-refractivity contribution in [2.45, 2.75) is 27.7 Å². The molecule has 1 atom stereocenters. The van der Waals surface area contributed by atoms with Gasteiger partial charge in [-0.3, -0.25) is 10.8 Å². The van der Waals surface area contributed by atoms with Crippen LogP contribution in [-0.4, -0.2) is 9.78 Å². The largest absolute Gasteiger partial charge is 4.00 e. The molecule has 4 aromatic rings. The molecule has 0 amide bonds. The maximum Gasteiger partial charge on any atom is 4.00 e. The molecule has 1 aliphatic carbocycles. The van der Waals surface area contributed by atoms with Gasteiger partial charge in [0.1, 0.15) is 0 Å². The monoisotopic (exact) mass is 512 g/mol. The molecule has 0 bridgehead atoms. The Hall–Kier alpha value is -1.54. The number of hydrogen-bond acceptors (Lipinski definition) is 1. The average molecular weight is 515 g/mol. The fourth-order valence-electron chi connectivity index (χ4n) is 3.60. The number of halogens is 2. The van der Waals surface area contributed by atoms with Gasteiger partial charge in [-0.25, -0.2) is 5.57 Å². The summed E-state index contributed by atoms with van der Waals surface area (Å²) in [4.78, 5) is 0. The minimum Gasteiger partial charge on any atom is -1.00 e. The Kier molecular flexibility index (Phi) is 9.88. The molecular formula is C25H24Cl2N2Zr. The summed E-state index contributed by atoms with van der Waals surface area (Å²) in [6, 6.07) is 21.0. The van der Waals surface area contributed by atoms with E-state index < -0.39 is 0 Å². The number of allylic oxidation sites excluding steroid dienone is 4. The van der Waals surface area contributed by atoms with Crippen molar-refractivity contribution >= 4 is 21.7 Å². The standard InChI is InChI=1S/C16H11N2.C9H13.2ClH.Zr/c1-2-6-13-10-15(9-12(13)5-1)18-16-8-4-3-7-14(16)11-17-18;1-6-5-7(2)9(4)8(6)3;;;/h1-11H;6H,1-4H3;2*1H;/q2*-1;;;+4/p-2. The van der Waals surface area contributed by atoms with E-state index >= 15 is 0 Å². The normalized spacial score (nSPS) is 14.9. The van der Waals surface area contributed by atoms with Crippen molar-refractivity contribution in [2.75, 3.05) is 0 Å². The zero-order valence-corrected chi connectivity index (χ0v) is 21.5. The predicted molar refractivity (Wildman–Crippen MR) is 114 cm³/mol. The molecule has 0 saturated heterocycles. The Bertz CT molecular complexity index is 1150. The van der Waals surface area contributed by atoms with E-state index in [0.717, 1.165) is 11.2 Å². The van der Waals surface area contributed by atoms with Gasteiger partial charge >= 0.3 is 26.2 Å². The number of nitrogens with zero attached hydrogens (tertiary/aromatic N) is 2. The minimum atomic E-state index is 0. The second-order valence-electron chi connectivity index (χ2n) is 7.26. The van der Waals surface area contributed by atoms with E-state index in [1.165, 1.54) is 32.9 Å². The summed E-state index contributed by atoms with van der Waals surface area (Å²) in [5, 5.41) is 8.16. The van der Waals surface area contributed by atoms with Gasteiger partial charge in [0.25, 0.3) is 0 Å². The van der Waals surface area contributed by atoms with Crippen LogP contribution in [0.2, 0.25) is 0 Å². The molecule has 1 unspecified atom stereocenters. The van der Waals surface area contributed by atoms with Crippen molar-refractivity contribution in [2.24, 2.45) is 5.92 Å². The Morgan fingerprint density at radius 2 is 1.57 bits per heavy atom. The molecule has 0 aliphatic heterocycles. The quantitative estimate of drug-likeness (QED) is 0.341. The summed E-state index contributed by atoms with van der Waals surface area (Å²) >= 11 is 0. The van der Waals surface area contributed by atoms with Crippen LogP contribution < -0.4 is 24.8 Å². The van der Waals surface area contributed by atoms with Crippen LogP contribution in [0.15, 0.2) is 83.6 Å². The molecule has 0 radical (unpaired) electrons. The summed E-state index contributed by atoms with van der Waals surface area (Å²) < 4.78 is 2.00. The van der Waals surface area contributed by atoms with E-state index in [1.54, 1.807) is 0 Å². The number of hydrogen-bond donors (Lipinski definition) is 0. The third-order valence-corrected chi connectivity index (χ3v) is 5.56. The van der Waals surface area contributed by atoms with Crippen LogP contribution in [0.5, 0.6) is 0 Å². The van der Waals surface area contributed by atoms with Crippen molar-refractivity contribution in [3.05, 3.63) is 89.7 Å². The fourth-order valence-corrected chi connectivity index (χ4v) is 3.60. The number of fused-ring (bicyclic) bond motifs is 2. The third-order valence-electron chi connectivity index (χ3n) is 5.56. The molecule has 152 valence electrons. The summed E-state index contributed by atoms with van der Waals surface area (Å²) in [7, 11) is 0. The predicted octanol–water partition coefficient (Wildman–Crippen LogP) is 0.625. The minimum absolute atomic E-state index is 0. The van der Waals surface area contributed by atoms with Gasteiger partial charge in [0.05, 0.1) is 11.7 Å². The Morgan fingerprint density at radius 3 is 2.13 bits per heavy atom. The van der Waals surface area contributed by atoms with Crippen molar-refractivity contribution in [1.82, 2.24) is 9.78 Å². The Morgan fingerprint density at radius 1 is 0.933 bits per heavy atom. The first-order chi connectivity index (χ1) is 13.0. The van der Waals surface area contributed by atoms with Crippen LogP contribution in [0.1, 0.15) is 27.7 Å². The zero-order valence-electron chi connectivity index (χ0n) is 17.6. The summed E-state index contributed by atoms with van der Waals surface area (Å²) in [6.45, 7) is 8.67. The molecule has 30 heavy (non-hydrogen) atoms. The van der Waals surface area contributed by atoms with E-state index in [9.17, 15) is 0 Å². The molecule has 0 N–H and O–H groups in total. The molecule has 0 saturated carbocycles. The Balaban J connectivity index is 0.000000327. The molecule has 1 heterocycles. The van der Waals surface area contributed by atoms with Gasteiger partial charge in [0.2, 0.25) is 0 Å². The van der Waals surface area contributed by atoms with Gasteiger partial charge in [0, 0.05) is 5.39 Å². The van der Waals surface area contributed by atoms with Crippen molar-refractivity contribution in [1.29, 1.82) is 0 Å². The van der Waals surface area contributed by atoms with Gasteiger partial charge in [-0.1, -0.05) is 51.0 Å². The topological polar surface area (TPSA) is 17.8 Å². The van der Waals surface area contributed by atoms with Crippen LogP contribution in [0.4, 0.5) is 0 Å². The smallest absolute Gasteiger partial charge is 1.00 e. The van der Waals surface area contributed by atoms with Crippen LogP contribution in [0.3, 0.4) is 0 Å². The number of para-hydroxylation sites is 1. The SMILES string of the molecule is CC1=[C-]C(C)C(C)=C1C.[Cl-].[Cl-].[Zr+4].c1ccc2[cH-]c(-n3ncc4ccccc43)cc2c1. The molecule has 1 aliphatic rings. The summed E-state index contributed by atoms with van der Waals surface area (Å²) in [6.07, 6.45) is 5.27. The molecule has 0 spiro atoms. The van der Waals surface area contributed by atoms with E-state index in [2.05, 4.69) is 87.4 Å². The van der Waals surface area contributed by atoms with Gasteiger partial charge in [0.15, 0.2) is 0 Å². The first-order valence-electron chi connectivity index (χ1n) is 9.41. The van der Waals surface area contributed by atoms with Crippen LogP contribution >= 0.6 is 0 Å². The van der Waals surface area contributed by atoms with Gasteiger partial charge in [-0.2, -0.15) is 16.2 Å². The molecule has 5 rings (SSSR count). The number of aromatic nitrogens is 2. The molecule has 5 heteroatoms. The summed E-state index contributed by atoms with van der Waals surface area (Å²) in [5.74, 6) is 0.560. The fraction of sp³-hybridized carbons (Fsp3) is 0.200. The number of benzene rings is 2. The van der Waals surface area contributed by atoms with Crippen LogP contribution in [0.25, 0.3) is 27.4 Å². The third kappa shape index (κ3) is 5.20. The second-order valence-corrected chi connectivity index (χ2v) is 7.26. The molecular weight excluding hydrogens is 490 g/mol. The maximum atomic E-state index is 4.48. The molecule has 1 aromatic heterocycles. The first-order valence-corrected chi connectivity index (χ1v) is 9.41. The molecule has 2 nitrogen and oxygen atoms in total. The van der Waals surface area contributed by atoms with E-state index in [0.29, 0.717) is 5.92 Å². The molecule has 3 aromatic carbocycles. The van der Waals surface area contributed by atoms with Crippen molar-refractivity contribution in [3.8, 4) is 5.69 Å². The van der Waals surface area contributed by atoms with Crippen molar-refractivity contribution in [3.63, 3.8) is 0 Å². The second kappa shape index (κ2) is 11.2. The maximum absolute atomic E-state index is 4.48. The zero-order chi connectivity index (χ0) is 19.0. The van der Waals surface area contributed by atoms with E-state index in [4.69, 9.17) is 0 Å². The van der Waals surface area contributed by atoms with Gasteiger partial charge in [-0.15, -0.1) is 48.0 Å². The first kappa shape index (κ1) is 26.5. The van der Waals surface area contributed by atoms with Gasteiger partial charge in [-0.05, 0) is 11.8 Å². The Labute approximate surface area is 210 Å². The van der Waals surface area contributed by atoms with E-state index in [-0.39, 0.29) is 51.0 Å². The van der Waals surface area contributed by atoms with Crippen LogP contribution in [-0.2, 0) is 26.2 Å². The average Bonchev–Trinajstić information content (AvgIpc) is 3.35. The summed E-state index contributed by atoms with van der Waals surface area (Å²) in [5.41, 5.74) is 6.51. The van der Waals surface area contributed by atoms with Crippen molar-refractivity contribution < 1.29 is 51.0 Å². The van der Waals surface area contributed by atoms with Crippen LogP contribution in [0, 0.1) is 12.0 Å². The molecule has 0 fully saturated rings. The van der Waals surface area contributed by atoms with E-state index in [1.807, 2.05) is 23.0 Å². The van der Waals surface area contributed by atoms with Gasteiger partial charge < -0.3 is 24.8 Å².